The van der Waals surface area contributed by atoms with Crippen LogP contribution in [-0.4, -0.2) is 56.8 Å². The first-order chi connectivity index (χ1) is 11.2. The zero-order valence-electron chi connectivity index (χ0n) is 14.0. The lowest BCUT2D eigenvalue weighted by Gasteiger charge is -2.38. The highest BCUT2D eigenvalue weighted by molar-refractivity contribution is 5.81. The number of carbonyl (C=O) groups is 1. The SMILES string of the molecule is COc1ccc(N2CCC(N(C)C(=O)[C@@H]3CCCO3)CC2)cc1. The number of likely N-dealkylation sites (N-methyl/N-ethyl adjacent to an activating group) is 1. The van der Waals surface area contributed by atoms with E-state index in [4.69, 9.17) is 9.47 Å². The first-order valence-electron chi connectivity index (χ1n) is 8.46. The summed E-state index contributed by atoms with van der Waals surface area (Å²) >= 11 is 0. The molecule has 3 rings (SSSR count). The first-order valence-corrected chi connectivity index (χ1v) is 8.46. The number of amides is 1. The maximum absolute atomic E-state index is 12.4. The number of hydrogen-bond donors (Lipinski definition) is 0. The lowest BCUT2D eigenvalue weighted by Crippen LogP contribution is -2.48. The predicted molar refractivity (Wildman–Crippen MR) is 90.0 cm³/mol. The van der Waals surface area contributed by atoms with E-state index in [1.54, 1.807) is 7.11 Å². The molecule has 1 atom stereocenters. The van der Waals surface area contributed by atoms with Gasteiger partial charge in [0.2, 0.25) is 0 Å². The van der Waals surface area contributed by atoms with E-state index in [1.165, 1.54) is 5.69 Å². The zero-order chi connectivity index (χ0) is 16.2. The number of methoxy groups -OCH3 is 1. The summed E-state index contributed by atoms with van der Waals surface area (Å²) in [7, 11) is 3.61. The lowest BCUT2D eigenvalue weighted by atomic mass is 10.0. The van der Waals surface area contributed by atoms with Crippen molar-refractivity contribution in [3.63, 3.8) is 0 Å². The molecule has 1 aromatic carbocycles. The number of benzene rings is 1. The Bertz CT molecular complexity index is 518. The Labute approximate surface area is 138 Å². The van der Waals surface area contributed by atoms with Gasteiger partial charge in [0.15, 0.2) is 0 Å². The molecule has 2 aliphatic heterocycles. The number of carbonyl (C=O) groups excluding carboxylic acids is 1. The van der Waals surface area contributed by atoms with Crippen LogP contribution in [0.25, 0.3) is 0 Å². The van der Waals surface area contributed by atoms with Crippen molar-refractivity contribution in [2.45, 2.75) is 37.8 Å². The van der Waals surface area contributed by atoms with Gasteiger partial charge in [-0.05, 0) is 49.9 Å². The first kappa shape index (κ1) is 16.1. The molecule has 1 amide bonds. The monoisotopic (exact) mass is 318 g/mol. The van der Waals surface area contributed by atoms with Crippen LogP contribution in [0, 0.1) is 0 Å². The fraction of sp³-hybridized carbons (Fsp3) is 0.611. The Morgan fingerprint density at radius 1 is 1.22 bits per heavy atom. The highest BCUT2D eigenvalue weighted by Crippen LogP contribution is 2.25. The summed E-state index contributed by atoms with van der Waals surface area (Å²) in [6.07, 6.45) is 3.66. The summed E-state index contributed by atoms with van der Waals surface area (Å²) in [4.78, 5) is 16.7. The van der Waals surface area contributed by atoms with Gasteiger partial charge in [0.25, 0.3) is 5.91 Å². The Kier molecular flexibility index (Phi) is 5.06. The second-order valence-electron chi connectivity index (χ2n) is 6.37. The van der Waals surface area contributed by atoms with Gasteiger partial charge in [-0.1, -0.05) is 0 Å². The lowest BCUT2D eigenvalue weighted by molar-refractivity contribution is -0.142. The number of ether oxygens (including phenoxy) is 2. The topological polar surface area (TPSA) is 42.0 Å². The largest absolute Gasteiger partial charge is 0.497 e. The molecule has 2 aliphatic rings. The van der Waals surface area contributed by atoms with E-state index in [0.717, 1.165) is 51.1 Å². The van der Waals surface area contributed by atoms with Crippen LogP contribution in [0.4, 0.5) is 5.69 Å². The quantitative estimate of drug-likeness (QED) is 0.854. The summed E-state index contributed by atoms with van der Waals surface area (Å²) < 4.78 is 10.7. The average molecular weight is 318 g/mol. The third-order valence-corrected chi connectivity index (χ3v) is 5.00. The molecule has 5 heteroatoms. The molecule has 0 radical (unpaired) electrons. The van der Waals surface area contributed by atoms with Crippen molar-refractivity contribution in [3.05, 3.63) is 24.3 Å². The molecule has 5 nitrogen and oxygen atoms in total. The van der Waals surface area contributed by atoms with Crippen molar-refractivity contribution in [2.24, 2.45) is 0 Å². The van der Waals surface area contributed by atoms with Crippen LogP contribution < -0.4 is 9.64 Å². The molecule has 2 heterocycles. The maximum atomic E-state index is 12.4. The number of rotatable bonds is 4. The maximum Gasteiger partial charge on any atom is 0.251 e. The normalized spacial score (nSPS) is 22.2. The Balaban J connectivity index is 1.53. The van der Waals surface area contributed by atoms with Crippen molar-refractivity contribution < 1.29 is 14.3 Å². The van der Waals surface area contributed by atoms with Crippen molar-refractivity contribution in [1.29, 1.82) is 0 Å². The van der Waals surface area contributed by atoms with Crippen molar-refractivity contribution in [1.82, 2.24) is 4.90 Å². The molecule has 0 aliphatic carbocycles. The van der Waals surface area contributed by atoms with Crippen LogP contribution >= 0.6 is 0 Å². The third kappa shape index (κ3) is 3.61. The predicted octanol–water partition coefficient (Wildman–Crippen LogP) is 2.30. The molecule has 0 saturated carbocycles. The minimum atomic E-state index is -0.209. The highest BCUT2D eigenvalue weighted by atomic mass is 16.5. The summed E-state index contributed by atoms with van der Waals surface area (Å²) in [6.45, 7) is 2.67. The van der Waals surface area contributed by atoms with Gasteiger partial charge < -0.3 is 19.3 Å². The molecule has 0 aromatic heterocycles. The van der Waals surface area contributed by atoms with Crippen LogP contribution in [0.5, 0.6) is 5.75 Å². The summed E-state index contributed by atoms with van der Waals surface area (Å²) in [6, 6.07) is 8.50. The second kappa shape index (κ2) is 7.21. The van der Waals surface area contributed by atoms with Crippen LogP contribution in [-0.2, 0) is 9.53 Å². The molecule has 1 aromatic rings. The van der Waals surface area contributed by atoms with E-state index in [-0.39, 0.29) is 12.0 Å². The van der Waals surface area contributed by atoms with E-state index in [0.29, 0.717) is 6.04 Å². The van der Waals surface area contributed by atoms with Crippen LogP contribution in [0.3, 0.4) is 0 Å². The van der Waals surface area contributed by atoms with Crippen molar-refractivity contribution in [3.8, 4) is 5.75 Å². The Hall–Kier alpha value is -1.75. The molecule has 0 spiro atoms. The van der Waals surface area contributed by atoms with Gasteiger partial charge >= 0.3 is 0 Å². The minimum Gasteiger partial charge on any atom is -0.497 e. The molecule has 126 valence electrons. The molecular weight excluding hydrogens is 292 g/mol. The molecule has 0 unspecified atom stereocenters. The molecule has 23 heavy (non-hydrogen) atoms. The van der Waals surface area contributed by atoms with Gasteiger partial charge in [-0.25, -0.2) is 0 Å². The Morgan fingerprint density at radius 2 is 1.91 bits per heavy atom. The molecule has 2 saturated heterocycles. The van der Waals surface area contributed by atoms with Crippen molar-refractivity contribution in [2.75, 3.05) is 38.8 Å². The number of hydrogen-bond acceptors (Lipinski definition) is 4. The fourth-order valence-electron chi connectivity index (χ4n) is 3.48. The van der Waals surface area contributed by atoms with E-state index < -0.39 is 0 Å². The van der Waals surface area contributed by atoms with Gasteiger partial charge in [0.05, 0.1) is 7.11 Å². The Morgan fingerprint density at radius 3 is 2.48 bits per heavy atom. The molecule has 2 fully saturated rings. The molecule has 0 N–H and O–H groups in total. The molecule has 0 bridgehead atoms. The summed E-state index contributed by atoms with van der Waals surface area (Å²) in [5, 5.41) is 0. The summed E-state index contributed by atoms with van der Waals surface area (Å²) in [5.41, 5.74) is 1.22. The van der Waals surface area contributed by atoms with Gasteiger partial charge in [0, 0.05) is 38.5 Å². The highest BCUT2D eigenvalue weighted by Gasteiger charge is 2.31. The van der Waals surface area contributed by atoms with E-state index in [9.17, 15) is 4.79 Å². The van der Waals surface area contributed by atoms with Crippen LogP contribution in [0.2, 0.25) is 0 Å². The van der Waals surface area contributed by atoms with Gasteiger partial charge in [-0.2, -0.15) is 0 Å². The fourth-order valence-corrected chi connectivity index (χ4v) is 3.48. The van der Waals surface area contributed by atoms with E-state index in [1.807, 2.05) is 24.1 Å². The van der Waals surface area contributed by atoms with E-state index >= 15 is 0 Å². The van der Waals surface area contributed by atoms with E-state index in [2.05, 4.69) is 17.0 Å². The van der Waals surface area contributed by atoms with Crippen LogP contribution in [0.1, 0.15) is 25.7 Å². The minimum absolute atomic E-state index is 0.158. The molecular formula is C18H26N2O3. The van der Waals surface area contributed by atoms with Gasteiger partial charge in [-0.3, -0.25) is 4.79 Å². The summed E-state index contributed by atoms with van der Waals surface area (Å²) in [5.74, 6) is 1.04. The standard InChI is InChI=1S/C18H26N2O3/c1-19(18(21)17-4-3-13-23-17)14-9-11-20(12-10-14)15-5-7-16(22-2)8-6-15/h5-8,14,17H,3-4,9-13H2,1-2H3/t17-/m0/s1. The average Bonchev–Trinajstić information content (AvgIpc) is 3.15. The smallest absolute Gasteiger partial charge is 0.251 e. The number of piperidine rings is 1. The zero-order valence-corrected chi connectivity index (χ0v) is 14.0. The van der Waals surface area contributed by atoms with Crippen LogP contribution in [0.15, 0.2) is 24.3 Å². The van der Waals surface area contributed by atoms with Crippen molar-refractivity contribution >= 4 is 11.6 Å². The second-order valence-corrected chi connectivity index (χ2v) is 6.37. The third-order valence-electron chi connectivity index (χ3n) is 5.00. The number of nitrogens with zero attached hydrogens (tertiary/aromatic N) is 2. The van der Waals surface area contributed by atoms with Gasteiger partial charge in [-0.15, -0.1) is 0 Å². The van der Waals surface area contributed by atoms with Gasteiger partial charge in [0.1, 0.15) is 11.9 Å². The number of anilines is 1.